The van der Waals surface area contributed by atoms with Crippen LogP contribution >= 0.6 is 23.2 Å². The van der Waals surface area contributed by atoms with Crippen molar-refractivity contribution in [1.29, 1.82) is 0 Å². The fourth-order valence-electron chi connectivity index (χ4n) is 6.30. The molecule has 0 aliphatic carbocycles. The van der Waals surface area contributed by atoms with Crippen LogP contribution in [0.3, 0.4) is 0 Å². The van der Waals surface area contributed by atoms with Crippen LogP contribution in [0.15, 0.2) is 54.6 Å². The van der Waals surface area contributed by atoms with Gasteiger partial charge >= 0.3 is 0 Å². The molecule has 1 aromatic heterocycles. The molecule has 0 spiro atoms. The Hall–Kier alpha value is -3.89. The van der Waals surface area contributed by atoms with E-state index in [2.05, 4.69) is 31.9 Å². The lowest BCUT2D eigenvalue weighted by atomic mass is 9.97. The van der Waals surface area contributed by atoms with Gasteiger partial charge in [0.2, 0.25) is 5.91 Å². The van der Waals surface area contributed by atoms with Crippen LogP contribution in [0.1, 0.15) is 40.9 Å². The van der Waals surface area contributed by atoms with Crippen molar-refractivity contribution in [2.75, 3.05) is 32.1 Å². The smallest absolute Gasteiger partial charge is 0.291 e. The third-order valence-corrected chi connectivity index (χ3v) is 9.35. The molecule has 0 unspecified atom stereocenters. The molecule has 2 aliphatic rings. The second kappa shape index (κ2) is 13.2. The van der Waals surface area contributed by atoms with Gasteiger partial charge in [-0.2, -0.15) is 0 Å². The minimum absolute atomic E-state index is 0.00101. The fourth-order valence-corrected chi connectivity index (χ4v) is 6.91. The van der Waals surface area contributed by atoms with Crippen molar-refractivity contribution < 1.29 is 14.3 Å². The van der Waals surface area contributed by atoms with Gasteiger partial charge in [0.05, 0.1) is 28.5 Å². The zero-order valence-corrected chi connectivity index (χ0v) is 27.1. The van der Waals surface area contributed by atoms with E-state index in [1.807, 2.05) is 54.1 Å². The Balaban J connectivity index is 1.24. The summed E-state index contributed by atoms with van der Waals surface area (Å²) in [5.74, 6) is 0.796. The quantitative estimate of drug-likeness (QED) is 0.228. The number of aromatic nitrogens is 2. The summed E-state index contributed by atoms with van der Waals surface area (Å²) in [6.45, 7) is 5.50. The number of nitrogens with one attached hydrogen (secondary N) is 3. The first kappa shape index (κ1) is 31.1. The number of methoxy groups -OCH3 is 1. The zero-order chi connectivity index (χ0) is 31.7. The second-order valence-corrected chi connectivity index (χ2v) is 12.3. The van der Waals surface area contributed by atoms with Gasteiger partial charge in [0.15, 0.2) is 5.82 Å². The Kier molecular flexibility index (Phi) is 9.14. The lowest BCUT2D eigenvalue weighted by Crippen LogP contribution is -2.35. The summed E-state index contributed by atoms with van der Waals surface area (Å²) in [5, 5.41) is 10.2. The summed E-state index contributed by atoms with van der Waals surface area (Å²) in [4.78, 5) is 31.6. The van der Waals surface area contributed by atoms with E-state index >= 15 is 0 Å². The van der Waals surface area contributed by atoms with Crippen molar-refractivity contribution in [2.24, 2.45) is 7.05 Å². The molecule has 3 N–H and O–H groups in total. The Morgan fingerprint density at radius 2 is 1.82 bits per heavy atom. The highest BCUT2D eigenvalue weighted by Gasteiger charge is 2.25. The van der Waals surface area contributed by atoms with Crippen LogP contribution in [0.25, 0.3) is 22.3 Å². The van der Waals surface area contributed by atoms with Gasteiger partial charge in [-0.05, 0) is 24.1 Å². The molecule has 1 atom stereocenters. The van der Waals surface area contributed by atoms with Gasteiger partial charge in [-0.15, -0.1) is 0 Å². The van der Waals surface area contributed by atoms with Crippen LogP contribution in [0.4, 0.5) is 5.69 Å². The van der Waals surface area contributed by atoms with Crippen molar-refractivity contribution in [1.82, 2.24) is 25.1 Å². The second-order valence-electron chi connectivity index (χ2n) is 11.6. The van der Waals surface area contributed by atoms with Crippen LogP contribution in [-0.4, -0.2) is 59.1 Å². The average molecular weight is 648 g/mol. The fraction of sp³-hybridized carbons (Fsp3) is 0.324. The molecular weight excluding hydrogens is 611 g/mol. The summed E-state index contributed by atoms with van der Waals surface area (Å²) < 4.78 is 7.65. The third-order valence-electron chi connectivity index (χ3n) is 8.54. The molecule has 0 radical (unpaired) electrons. The molecule has 4 aromatic rings. The van der Waals surface area contributed by atoms with Gasteiger partial charge in [0.25, 0.3) is 5.91 Å². The third kappa shape index (κ3) is 6.44. The summed E-state index contributed by atoms with van der Waals surface area (Å²) in [5.41, 5.74) is 6.71. The minimum Gasteiger partial charge on any atom is -0.496 e. The molecule has 234 valence electrons. The predicted octanol–water partition coefficient (Wildman–Crippen LogP) is 5.68. The van der Waals surface area contributed by atoms with Gasteiger partial charge in [-0.1, -0.05) is 65.7 Å². The van der Waals surface area contributed by atoms with Crippen LogP contribution in [0, 0.1) is 0 Å². The SMILES string of the molecule is COc1cc(-c2cccc(-c3cccc(NC(=O)c4nc5c(n4C)CCNC5)c3Cl)c2Cl)ccc1CN1CC[C@@H](NC(C)=O)C1. The van der Waals surface area contributed by atoms with E-state index in [9.17, 15) is 9.59 Å². The summed E-state index contributed by atoms with van der Waals surface area (Å²) in [7, 11) is 3.54. The maximum Gasteiger partial charge on any atom is 0.291 e. The standard InChI is InChI=1S/C34H36Cl2N6O3/c1-20(43)38-23-13-15-42(19-23)18-22-11-10-21(16-30(22)45-3)24-6-4-7-25(31(24)35)26-8-5-9-27(32(26)36)40-34(44)33-39-28-17-37-14-12-29(28)41(33)2/h4-11,16,23,37H,12-15,17-19H2,1-3H3,(H,38,43)(H,40,44)/t23-/m1/s1. The molecule has 0 bridgehead atoms. The first-order valence-corrected chi connectivity index (χ1v) is 15.8. The van der Waals surface area contributed by atoms with Gasteiger partial charge in [-0.3, -0.25) is 14.5 Å². The number of anilines is 1. The average Bonchev–Trinajstić information content (AvgIpc) is 3.61. The molecule has 1 saturated heterocycles. The lowest BCUT2D eigenvalue weighted by molar-refractivity contribution is -0.119. The van der Waals surface area contributed by atoms with E-state index in [1.165, 1.54) is 0 Å². The van der Waals surface area contributed by atoms with Crippen molar-refractivity contribution in [3.8, 4) is 28.0 Å². The molecule has 45 heavy (non-hydrogen) atoms. The number of imidazole rings is 1. The number of carbonyl (C=O) groups is 2. The van der Waals surface area contributed by atoms with Crippen LogP contribution in [0.5, 0.6) is 5.75 Å². The Bertz CT molecular complexity index is 1770. The molecule has 9 nitrogen and oxygen atoms in total. The molecule has 3 aromatic carbocycles. The Morgan fingerprint density at radius 3 is 2.58 bits per heavy atom. The number of nitrogens with zero attached hydrogens (tertiary/aromatic N) is 3. The van der Waals surface area contributed by atoms with Crippen molar-refractivity contribution in [3.63, 3.8) is 0 Å². The normalized spacial score (nSPS) is 16.3. The summed E-state index contributed by atoms with van der Waals surface area (Å²) >= 11 is 14.0. The van der Waals surface area contributed by atoms with E-state index in [-0.39, 0.29) is 17.9 Å². The minimum atomic E-state index is -0.322. The molecule has 2 amide bonds. The maximum atomic E-state index is 13.3. The number of carbonyl (C=O) groups excluding carboxylic acids is 2. The van der Waals surface area contributed by atoms with Crippen molar-refractivity contribution in [2.45, 2.75) is 38.9 Å². The van der Waals surface area contributed by atoms with Gasteiger partial charge in [-0.25, -0.2) is 4.98 Å². The molecule has 1 fully saturated rings. The van der Waals surface area contributed by atoms with Crippen molar-refractivity contribution >= 4 is 40.7 Å². The Morgan fingerprint density at radius 1 is 1.07 bits per heavy atom. The molecule has 0 saturated carbocycles. The number of fused-ring (bicyclic) bond motifs is 1. The molecule has 3 heterocycles. The van der Waals surface area contributed by atoms with Crippen LogP contribution < -0.4 is 20.7 Å². The first-order valence-electron chi connectivity index (χ1n) is 15.0. The first-order chi connectivity index (χ1) is 21.7. The van der Waals surface area contributed by atoms with Gasteiger partial charge in [0.1, 0.15) is 5.75 Å². The molecular formula is C34H36Cl2N6O3. The van der Waals surface area contributed by atoms with E-state index in [0.29, 0.717) is 33.7 Å². The summed E-state index contributed by atoms with van der Waals surface area (Å²) in [6.07, 6.45) is 1.75. The zero-order valence-electron chi connectivity index (χ0n) is 25.5. The number of amides is 2. The highest BCUT2D eigenvalue weighted by Crippen LogP contribution is 2.42. The van der Waals surface area contributed by atoms with Crippen LogP contribution in [0.2, 0.25) is 10.0 Å². The number of likely N-dealkylation sites (tertiary alicyclic amines) is 1. The molecule has 2 aliphatic heterocycles. The lowest BCUT2D eigenvalue weighted by Gasteiger charge is -2.19. The number of hydrogen-bond acceptors (Lipinski definition) is 6. The summed E-state index contributed by atoms with van der Waals surface area (Å²) in [6, 6.07) is 17.6. The van der Waals surface area contributed by atoms with E-state index in [1.54, 1.807) is 20.1 Å². The number of halogens is 2. The highest BCUT2D eigenvalue weighted by molar-refractivity contribution is 6.39. The van der Waals surface area contributed by atoms with Crippen molar-refractivity contribution in [3.05, 3.63) is 87.4 Å². The number of ether oxygens (including phenoxy) is 1. The largest absolute Gasteiger partial charge is 0.496 e. The van der Waals surface area contributed by atoms with E-state index in [0.717, 1.165) is 78.4 Å². The maximum absolute atomic E-state index is 13.3. The monoisotopic (exact) mass is 646 g/mol. The van der Waals surface area contributed by atoms with Gasteiger partial charge in [0, 0.05) is 87.1 Å². The van der Waals surface area contributed by atoms with Crippen LogP contribution in [-0.2, 0) is 31.4 Å². The molecule has 6 rings (SSSR count). The number of rotatable bonds is 8. The molecule has 11 heteroatoms. The van der Waals surface area contributed by atoms with E-state index in [4.69, 9.17) is 27.9 Å². The number of hydrogen-bond donors (Lipinski definition) is 3. The predicted molar refractivity (Wildman–Crippen MR) is 178 cm³/mol. The van der Waals surface area contributed by atoms with E-state index < -0.39 is 0 Å². The van der Waals surface area contributed by atoms with Gasteiger partial charge < -0.3 is 25.3 Å². The topological polar surface area (TPSA) is 101 Å². The Labute approximate surface area is 272 Å². The highest BCUT2D eigenvalue weighted by atomic mass is 35.5. The number of benzene rings is 3.